The van der Waals surface area contributed by atoms with E-state index in [9.17, 15) is 4.79 Å². The molecule has 1 N–H and O–H groups in total. The summed E-state index contributed by atoms with van der Waals surface area (Å²) in [6.07, 6.45) is 4.06. The Labute approximate surface area is 115 Å². The van der Waals surface area contributed by atoms with Crippen molar-refractivity contribution in [2.45, 2.75) is 38.6 Å². The summed E-state index contributed by atoms with van der Waals surface area (Å²) < 4.78 is 1.74. The molecule has 5 heteroatoms. The molecule has 1 aliphatic heterocycles. The van der Waals surface area contributed by atoms with Crippen LogP contribution in [0.1, 0.15) is 48.7 Å². The van der Waals surface area contributed by atoms with Crippen LogP contribution in [0.3, 0.4) is 0 Å². The first-order valence-electron chi connectivity index (χ1n) is 7.03. The van der Waals surface area contributed by atoms with Crippen LogP contribution >= 0.6 is 0 Å². The maximum atomic E-state index is 12.6. The van der Waals surface area contributed by atoms with Crippen molar-refractivity contribution in [3.05, 3.63) is 17.5 Å². The summed E-state index contributed by atoms with van der Waals surface area (Å²) in [5.74, 6) is 0.391. The van der Waals surface area contributed by atoms with Gasteiger partial charge in [0.15, 0.2) is 0 Å². The number of likely N-dealkylation sites (N-methyl/N-ethyl adjacent to an activating group) is 1. The minimum absolute atomic E-state index is 0.122. The molecule has 1 aromatic rings. The SMILES string of the molecule is CNC1CCCN(C(=O)c2cn(C)nc2C(C)C)C1. The number of hydrogen-bond acceptors (Lipinski definition) is 3. The maximum Gasteiger partial charge on any atom is 0.257 e. The van der Waals surface area contributed by atoms with Crippen LogP contribution < -0.4 is 5.32 Å². The third kappa shape index (κ3) is 2.97. The number of aromatic nitrogens is 2. The lowest BCUT2D eigenvalue weighted by Crippen LogP contribution is -2.47. The number of nitrogens with one attached hydrogen (secondary N) is 1. The fraction of sp³-hybridized carbons (Fsp3) is 0.714. The predicted molar refractivity (Wildman–Crippen MR) is 75.3 cm³/mol. The molecule has 1 aliphatic rings. The highest BCUT2D eigenvalue weighted by atomic mass is 16.2. The summed E-state index contributed by atoms with van der Waals surface area (Å²) in [4.78, 5) is 14.6. The first kappa shape index (κ1) is 14.1. The van der Waals surface area contributed by atoms with Crippen LogP contribution in [0.2, 0.25) is 0 Å². The second-order valence-electron chi connectivity index (χ2n) is 5.64. The summed E-state index contributed by atoms with van der Waals surface area (Å²) in [6.45, 7) is 5.79. The van der Waals surface area contributed by atoms with Gasteiger partial charge in [0.25, 0.3) is 5.91 Å². The summed E-state index contributed by atoms with van der Waals surface area (Å²) in [5.41, 5.74) is 1.66. The normalized spacial score (nSPS) is 20.1. The Morgan fingerprint density at radius 2 is 2.26 bits per heavy atom. The van der Waals surface area contributed by atoms with Crippen molar-refractivity contribution in [3.8, 4) is 0 Å². The third-order valence-corrected chi connectivity index (χ3v) is 3.75. The monoisotopic (exact) mass is 264 g/mol. The molecule has 0 bridgehead atoms. The molecular formula is C14H24N4O. The predicted octanol–water partition coefficient (Wildman–Crippen LogP) is 1.37. The van der Waals surface area contributed by atoms with Crippen LogP contribution in [-0.2, 0) is 7.05 Å². The van der Waals surface area contributed by atoms with Crippen molar-refractivity contribution in [1.82, 2.24) is 20.0 Å². The lowest BCUT2D eigenvalue weighted by Gasteiger charge is -2.32. The Morgan fingerprint density at radius 3 is 2.89 bits per heavy atom. The molecule has 0 aliphatic carbocycles. The molecule has 0 radical (unpaired) electrons. The van der Waals surface area contributed by atoms with Gasteiger partial charge in [-0.15, -0.1) is 0 Å². The van der Waals surface area contributed by atoms with E-state index in [1.54, 1.807) is 4.68 Å². The Bertz CT molecular complexity index is 452. The largest absolute Gasteiger partial charge is 0.337 e. The van der Waals surface area contributed by atoms with E-state index < -0.39 is 0 Å². The van der Waals surface area contributed by atoms with Crippen LogP contribution in [0.4, 0.5) is 0 Å². The van der Waals surface area contributed by atoms with E-state index in [4.69, 9.17) is 0 Å². The quantitative estimate of drug-likeness (QED) is 0.897. The molecule has 2 rings (SSSR count). The first-order valence-corrected chi connectivity index (χ1v) is 7.03. The van der Waals surface area contributed by atoms with E-state index in [2.05, 4.69) is 24.3 Å². The Balaban J connectivity index is 2.19. The highest BCUT2D eigenvalue weighted by molar-refractivity contribution is 5.95. The van der Waals surface area contributed by atoms with Crippen molar-refractivity contribution in [3.63, 3.8) is 0 Å². The number of carbonyl (C=O) groups is 1. The van der Waals surface area contributed by atoms with Gasteiger partial charge in [-0.25, -0.2) is 0 Å². The smallest absolute Gasteiger partial charge is 0.257 e. The summed E-state index contributed by atoms with van der Waals surface area (Å²) in [7, 11) is 3.83. The van der Waals surface area contributed by atoms with E-state index in [0.29, 0.717) is 6.04 Å². The van der Waals surface area contributed by atoms with Crippen LogP contribution in [0, 0.1) is 0 Å². The van der Waals surface area contributed by atoms with E-state index in [1.807, 2.05) is 25.2 Å². The van der Waals surface area contributed by atoms with Gasteiger partial charge in [-0.1, -0.05) is 13.8 Å². The lowest BCUT2D eigenvalue weighted by atomic mass is 10.0. The molecule has 1 fully saturated rings. The topological polar surface area (TPSA) is 50.2 Å². The number of carbonyl (C=O) groups excluding carboxylic acids is 1. The van der Waals surface area contributed by atoms with Crippen molar-refractivity contribution in [1.29, 1.82) is 0 Å². The van der Waals surface area contributed by atoms with Crippen LogP contribution in [0.5, 0.6) is 0 Å². The zero-order valence-electron chi connectivity index (χ0n) is 12.3. The highest BCUT2D eigenvalue weighted by Gasteiger charge is 2.27. The van der Waals surface area contributed by atoms with Crippen molar-refractivity contribution < 1.29 is 4.79 Å². The summed E-state index contributed by atoms with van der Waals surface area (Å²) >= 11 is 0. The number of aryl methyl sites for hydroxylation is 1. The minimum Gasteiger partial charge on any atom is -0.337 e. The van der Waals surface area contributed by atoms with E-state index in [1.165, 1.54) is 0 Å². The number of likely N-dealkylation sites (tertiary alicyclic amines) is 1. The average molecular weight is 264 g/mol. The molecule has 5 nitrogen and oxygen atoms in total. The molecular weight excluding hydrogens is 240 g/mol. The fourth-order valence-electron chi connectivity index (χ4n) is 2.66. The molecule has 2 heterocycles. The van der Waals surface area contributed by atoms with E-state index in [-0.39, 0.29) is 11.8 Å². The zero-order chi connectivity index (χ0) is 14.0. The third-order valence-electron chi connectivity index (χ3n) is 3.75. The second-order valence-corrected chi connectivity index (χ2v) is 5.64. The Morgan fingerprint density at radius 1 is 1.53 bits per heavy atom. The molecule has 106 valence electrons. The molecule has 1 atom stereocenters. The average Bonchev–Trinajstić information content (AvgIpc) is 2.80. The van der Waals surface area contributed by atoms with Crippen LogP contribution in [0.15, 0.2) is 6.20 Å². The Kier molecular flexibility index (Phi) is 4.24. The molecule has 19 heavy (non-hydrogen) atoms. The Hall–Kier alpha value is -1.36. The molecule has 0 spiro atoms. The molecule has 0 aromatic carbocycles. The lowest BCUT2D eigenvalue weighted by molar-refractivity contribution is 0.0696. The summed E-state index contributed by atoms with van der Waals surface area (Å²) in [5, 5.41) is 7.69. The van der Waals surface area contributed by atoms with Gasteiger partial charge in [0.2, 0.25) is 0 Å². The van der Waals surface area contributed by atoms with Gasteiger partial charge in [0.1, 0.15) is 0 Å². The molecule has 1 unspecified atom stereocenters. The maximum absolute atomic E-state index is 12.6. The van der Waals surface area contributed by atoms with Gasteiger partial charge in [-0.3, -0.25) is 9.48 Å². The van der Waals surface area contributed by atoms with Gasteiger partial charge in [0, 0.05) is 32.4 Å². The number of piperidine rings is 1. The van der Waals surface area contributed by atoms with Crippen LogP contribution in [-0.4, -0.2) is 46.8 Å². The molecule has 1 saturated heterocycles. The van der Waals surface area contributed by atoms with Gasteiger partial charge in [-0.05, 0) is 25.8 Å². The van der Waals surface area contributed by atoms with Crippen molar-refractivity contribution >= 4 is 5.91 Å². The van der Waals surface area contributed by atoms with E-state index in [0.717, 1.165) is 37.2 Å². The van der Waals surface area contributed by atoms with E-state index >= 15 is 0 Å². The standard InChI is InChI=1S/C14H24N4O/c1-10(2)13-12(9-17(4)16-13)14(19)18-7-5-6-11(8-18)15-3/h9-11,15H,5-8H2,1-4H3. The number of amides is 1. The second kappa shape index (κ2) is 5.74. The molecule has 0 saturated carbocycles. The highest BCUT2D eigenvalue weighted by Crippen LogP contribution is 2.21. The first-order chi connectivity index (χ1) is 9.02. The van der Waals surface area contributed by atoms with Gasteiger partial charge < -0.3 is 10.2 Å². The number of rotatable bonds is 3. The fourth-order valence-corrected chi connectivity index (χ4v) is 2.66. The molecule has 1 aromatic heterocycles. The molecule has 1 amide bonds. The number of nitrogens with zero attached hydrogens (tertiary/aromatic N) is 3. The zero-order valence-corrected chi connectivity index (χ0v) is 12.3. The van der Waals surface area contributed by atoms with Gasteiger partial charge in [0.05, 0.1) is 11.3 Å². The number of hydrogen-bond donors (Lipinski definition) is 1. The van der Waals surface area contributed by atoms with Crippen LogP contribution in [0.25, 0.3) is 0 Å². The van der Waals surface area contributed by atoms with Gasteiger partial charge in [-0.2, -0.15) is 5.10 Å². The van der Waals surface area contributed by atoms with Gasteiger partial charge >= 0.3 is 0 Å². The minimum atomic E-state index is 0.122. The summed E-state index contributed by atoms with van der Waals surface area (Å²) in [6, 6.07) is 0.414. The van der Waals surface area contributed by atoms with Crippen molar-refractivity contribution in [2.75, 3.05) is 20.1 Å². The van der Waals surface area contributed by atoms with Crippen molar-refractivity contribution in [2.24, 2.45) is 7.05 Å².